The maximum atomic E-state index is 12.1. The van der Waals surface area contributed by atoms with Crippen molar-refractivity contribution < 1.29 is 14.7 Å². The van der Waals surface area contributed by atoms with Gasteiger partial charge in [-0.05, 0) is 31.0 Å². The summed E-state index contributed by atoms with van der Waals surface area (Å²) in [5.41, 5.74) is 0.944. The van der Waals surface area contributed by atoms with Gasteiger partial charge in [-0.1, -0.05) is 45.7 Å². The van der Waals surface area contributed by atoms with Crippen molar-refractivity contribution in [3.05, 3.63) is 53.1 Å². The molecule has 0 fully saturated rings. The average molecular weight is 426 g/mol. The molecule has 0 aromatic heterocycles. The SMILES string of the molecule is O=C(CCCCBr)Nc1cc(O)c(NC(=O)c2ccccc2)cc1Cl. The third-order valence-corrected chi connectivity index (χ3v) is 4.30. The number of carbonyl (C=O) groups excluding carboxylic acids is 2. The molecule has 0 radical (unpaired) electrons. The van der Waals surface area contributed by atoms with Crippen LogP contribution in [-0.2, 0) is 4.79 Å². The van der Waals surface area contributed by atoms with Crippen LogP contribution in [0.1, 0.15) is 29.6 Å². The van der Waals surface area contributed by atoms with Gasteiger partial charge in [-0.25, -0.2) is 0 Å². The van der Waals surface area contributed by atoms with E-state index >= 15 is 0 Å². The zero-order valence-corrected chi connectivity index (χ0v) is 15.7. The number of amides is 2. The molecule has 7 heteroatoms. The number of hydrogen-bond acceptors (Lipinski definition) is 3. The number of carbonyl (C=O) groups is 2. The molecule has 0 unspecified atom stereocenters. The number of benzene rings is 2. The topological polar surface area (TPSA) is 78.4 Å². The number of hydrogen-bond donors (Lipinski definition) is 3. The first-order valence-electron chi connectivity index (χ1n) is 7.76. The van der Waals surface area contributed by atoms with Crippen molar-refractivity contribution in [1.29, 1.82) is 0 Å². The number of nitrogens with one attached hydrogen (secondary N) is 2. The average Bonchev–Trinajstić information content (AvgIpc) is 2.60. The lowest BCUT2D eigenvalue weighted by Gasteiger charge is -2.12. The van der Waals surface area contributed by atoms with E-state index in [1.54, 1.807) is 30.3 Å². The summed E-state index contributed by atoms with van der Waals surface area (Å²) in [6, 6.07) is 11.4. The van der Waals surface area contributed by atoms with Crippen molar-refractivity contribution in [2.45, 2.75) is 19.3 Å². The Kier molecular flexibility index (Phi) is 7.28. The number of halogens is 2. The van der Waals surface area contributed by atoms with Crippen molar-refractivity contribution >= 4 is 50.7 Å². The summed E-state index contributed by atoms with van der Waals surface area (Å²) in [5.74, 6) is -0.716. The highest BCUT2D eigenvalue weighted by atomic mass is 79.9. The summed E-state index contributed by atoms with van der Waals surface area (Å²) in [6.45, 7) is 0. The molecule has 132 valence electrons. The van der Waals surface area contributed by atoms with E-state index in [-0.39, 0.29) is 28.3 Å². The molecule has 2 rings (SSSR count). The first-order valence-corrected chi connectivity index (χ1v) is 9.26. The molecule has 0 spiro atoms. The molecule has 0 bridgehead atoms. The second kappa shape index (κ2) is 9.44. The van der Waals surface area contributed by atoms with Crippen LogP contribution in [0.2, 0.25) is 5.02 Å². The second-order valence-electron chi connectivity index (χ2n) is 5.36. The third kappa shape index (κ3) is 5.76. The van der Waals surface area contributed by atoms with E-state index in [1.807, 2.05) is 0 Å². The van der Waals surface area contributed by atoms with Crippen molar-refractivity contribution in [2.75, 3.05) is 16.0 Å². The zero-order chi connectivity index (χ0) is 18.2. The van der Waals surface area contributed by atoms with Gasteiger partial charge in [-0.3, -0.25) is 9.59 Å². The van der Waals surface area contributed by atoms with Crippen LogP contribution in [0.4, 0.5) is 11.4 Å². The minimum absolute atomic E-state index is 0.176. The van der Waals surface area contributed by atoms with Gasteiger partial charge < -0.3 is 15.7 Å². The molecule has 0 heterocycles. The Morgan fingerprint density at radius 1 is 1.04 bits per heavy atom. The van der Waals surface area contributed by atoms with Crippen LogP contribution in [0.3, 0.4) is 0 Å². The first-order chi connectivity index (χ1) is 12.0. The molecule has 2 amide bonds. The van der Waals surface area contributed by atoms with Crippen LogP contribution < -0.4 is 10.6 Å². The minimum atomic E-state index is -0.362. The smallest absolute Gasteiger partial charge is 0.255 e. The van der Waals surface area contributed by atoms with Crippen LogP contribution in [0.15, 0.2) is 42.5 Å². The van der Waals surface area contributed by atoms with Gasteiger partial charge in [-0.15, -0.1) is 0 Å². The molecule has 5 nitrogen and oxygen atoms in total. The van der Waals surface area contributed by atoms with Gasteiger partial charge in [0.25, 0.3) is 5.91 Å². The predicted molar refractivity (Wildman–Crippen MR) is 104 cm³/mol. The van der Waals surface area contributed by atoms with E-state index in [0.717, 1.165) is 18.2 Å². The number of rotatable bonds is 7. The lowest BCUT2D eigenvalue weighted by molar-refractivity contribution is -0.116. The molecule has 0 atom stereocenters. The maximum Gasteiger partial charge on any atom is 0.255 e. The highest BCUT2D eigenvalue weighted by Crippen LogP contribution is 2.34. The lowest BCUT2D eigenvalue weighted by atomic mass is 10.2. The Labute approximate surface area is 159 Å². The standard InChI is InChI=1S/C18H18BrClN2O3/c19-9-5-4-8-17(24)21-14-11-16(23)15(10-13(14)20)22-18(25)12-6-2-1-3-7-12/h1-3,6-7,10-11,23H,4-5,8-9H2,(H,21,24)(H,22,25). The predicted octanol–water partition coefficient (Wildman–Crippen LogP) is 4.80. The summed E-state index contributed by atoms with van der Waals surface area (Å²) >= 11 is 9.46. The highest BCUT2D eigenvalue weighted by Gasteiger charge is 2.13. The van der Waals surface area contributed by atoms with Crippen LogP contribution in [0, 0.1) is 0 Å². The molecule has 0 saturated heterocycles. The van der Waals surface area contributed by atoms with Gasteiger partial charge in [0.05, 0.1) is 16.4 Å². The van der Waals surface area contributed by atoms with E-state index < -0.39 is 0 Å². The van der Waals surface area contributed by atoms with Crippen molar-refractivity contribution in [2.24, 2.45) is 0 Å². The van der Waals surface area contributed by atoms with Gasteiger partial charge in [0, 0.05) is 23.4 Å². The van der Waals surface area contributed by atoms with Crippen LogP contribution in [-0.4, -0.2) is 22.3 Å². The maximum absolute atomic E-state index is 12.1. The van der Waals surface area contributed by atoms with Gasteiger partial charge in [0.15, 0.2) is 0 Å². The fourth-order valence-electron chi connectivity index (χ4n) is 2.13. The molecule has 0 saturated carbocycles. The lowest BCUT2D eigenvalue weighted by Crippen LogP contribution is -2.13. The van der Waals surface area contributed by atoms with Crippen LogP contribution >= 0.6 is 27.5 Å². The van der Waals surface area contributed by atoms with E-state index in [0.29, 0.717) is 17.7 Å². The Bertz CT molecular complexity index is 753. The molecule has 25 heavy (non-hydrogen) atoms. The zero-order valence-electron chi connectivity index (χ0n) is 13.4. The summed E-state index contributed by atoms with van der Waals surface area (Å²) in [5, 5.41) is 16.4. The number of phenols is 1. The summed E-state index contributed by atoms with van der Waals surface area (Å²) in [4.78, 5) is 24.0. The highest BCUT2D eigenvalue weighted by molar-refractivity contribution is 9.09. The largest absolute Gasteiger partial charge is 0.506 e. The number of alkyl halides is 1. The fraction of sp³-hybridized carbons (Fsp3) is 0.222. The number of aromatic hydroxyl groups is 1. The van der Waals surface area contributed by atoms with E-state index in [9.17, 15) is 14.7 Å². The molecule has 3 N–H and O–H groups in total. The van der Waals surface area contributed by atoms with Gasteiger partial charge in [-0.2, -0.15) is 0 Å². The van der Waals surface area contributed by atoms with Crippen LogP contribution in [0.5, 0.6) is 5.75 Å². The Balaban J connectivity index is 2.06. The quantitative estimate of drug-likeness (QED) is 0.339. The number of phenolic OH excluding ortho intramolecular Hbond substituents is 1. The first kappa shape index (κ1) is 19.3. The molecule has 0 aliphatic heterocycles. The van der Waals surface area contributed by atoms with Gasteiger partial charge in [0.2, 0.25) is 5.91 Å². The van der Waals surface area contributed by atoms with Gasteiger partial charge in [0.1, 0.15) is 5.75 Å². The molecule has 0 aliphatic rings. The van der Waals surface area contributed by atoms with E-state index in [2.05, 4.69) is 26.6 Å². The molecule has 2 aromatic carbocycles. The van der Waals surface area contributed by atoms with E-state index in [1.165, 1.54) is 12.1 Å². The minimum Gasteiger partial charge on any atom is -0.506 e. The Morgan fingerprint density at radius 3 is 2.44 bits per heavy atom. The van der Waals surface area contributed by atoms with Crippen molar-refractivity contribution in [3.63, 3.8) is 0 Å². The fourth-order valence-corrected chi connectivity index (χ4v) is 2.74. The normalized spacial score (nSPS) is 10.3. The third-order valence-electron chi connectivity index (χ3n) is 3.43. The Morgan fingerprint density at radius 2 is 1.76 bits per heavy atom. The van der Waals surface area contributed by atoms with Gasteiger partial charge >= 0.3 is 0 Å². The van der Waals surface area contributed by atoms with Crippen LogP contribution in [0.25, 0.3) is 0 Å². The summed E-state index contributed by atoms with van der Waals surface area (Å²) in [6.07, 6.45) is 2.03. The number of anilines is 2. The molecule has 0 aliphatic carbocycles. The van der Waals surface area contributed by atoms with Crippen molar-refractivity contribution in [3.8, 4) is 5.75 Å². The Hall–Kier alpha value is -2.05. The second-order valence-corrected chi connectivity index (χ2v) is 6.56. The van der Waals surface area contributed by atoms with Crippen molar-refractivity contribution in [1.82, 2.24) is 0 Å². The number of unbranched alkanes of at least 4 members (excludes halogenated alkanes) is 1. The summed E-state index contributed by atoms with van der Waals surface area (Å²) in [7, 11) is 0. The summed E-state index contributed by atoms with van der Waals surface area (Å²) < 4.78 is 0. The monoisotopic (exact) mass is 424 g/mol. The molecular weight excluding hydrogens is 408 g/mol. The molecular formula is C18H18BrClN2O3. The van der Waals surface area contributed by atoms with E-state index in [4.69, 9.17) is 11.6 Å². The molecule has 2 aromatic rings.